The van der Waals surface area contributed by atoms with Gasteiger partial charge in [-0.3, -0.25) is 9.59 Å². The number of carboxylic acids is 3. The number of likely N-dealkylation sites (N-methyl/N-ethyl adjacent to an activating group) is 1. The zero-order valence-corrected chi connectivity index (χ0v) is 23.4. The maximum Gasteiger partial charge on any atom is 0.333 e. The van der Waals surface area contributed by atoms with Crippen LogP contribution in [-0.4, -0.2) is 83.6 Å². The normalized spacial score (nSPS) is 12.7. The van der Waals surface area contributed by atoms with E-state index in [9.17, 15) is 24.3 Å². The van der Waals surface area contributed by atoms with Crippen molar-refractivity contribution < 1.29 is 48.8 Å². The number of hydrogen-bond acceptors (Lipinski definition) is 7. The molecule has 3 N–H and O–H groups in total. The van der Waals surface area contributed by atoms with Gasteiger partial charge in [0.15, 0.2) is 12.2 Å². The van der Waals surface area contributed by atoms with Gasteiger partial charge in [0.1, 0.15) is 6.54 Å². The number of carbonyl (C=O) groups excluding carboxylic acids is 2. The van der Waals surface area contributed by atoms with E-state index < -0.39 is 36.5 Å². The molecule has 10 heteroatoms. The van der Waals surface area contributed by atoms with Crippen LogP contribution in [0.15, 0.2) is 0 Å². The SMILES string of the molecule is CCCCCCCCCCCCCCCC(=O)OC(CC(=O)[O-])C[N+](C)(C)C.O=C(O)CC(O)C(=O)O. The number of rotatable bonds is 22. The second-order valence-corrected chi connectivity index (χ2v) is 10.6. The average Bonchev–Trinajstić information content (AvgIpc) is 2.75. The lowest BCUT2D eigenvalue weighted by atomic mass is 10.0. The lowest BCUT2D eigenvalue weighted by Crippen LogP contribution is -2.45. The van der Waals surface area contributed by atoms with Gasteiger partial charge >= 0.3 is 17.9 Å². The predicted octanol–water partition coefficient (Wildman–Crippen LogP) is 3.13. The fourth-order valence-electron chi connectivity index (χ4n) is 3.72. The molecule has 0 aliphatic rings. The molecular formula is C27H51NO9. The van der Waals surface area contributed by atoms with Crippen molar-refractivity contribution in [3.05, 3.63) is 0 Å². The molecule has 0 aliphatic heterocycles. The van der Waals surface area contributed by atoms with E-state index in [1.807, 2.05) is 21.1 Å². The highest BCUT2D eigenvalue weighted by Gasteiger charge is 2.22. The van der Waals surface area contributed by atoms with Crippen molar-refractivity contribution in [3.8, 4) is 0 Å². The van der Waals surface area contributed by atoms with Crippen LogP contribution in [0.5, 0.6) is 0 Å². The molecule has 0 fully saturated rings. The minimum atomic E-state index is -1.79. The van der Waals surface area contributed by atoms with Crippen LogP contribution in [0.2, 0.25) is 0 Å². The second-order valence-electron chi connectivity index (χ2n) is 10.6. The third-order valence-corrected chi connectivity index (χ3v) is 5.58. The number of esters is 1. The Balaban J connectivity index is 0. The van der Waals surface area contributed by atoms with Crippen molar-refractivity contribution in [3.63, 3.8) is 0 Å². The summed E-state index contributed by atoms with van der Waals surface area (Å²) in [4.78, 5) is 42.2. The van der Waals surface area contributed by atoms with Crippen LogP contribution in [0.4, 0.5) is 0 Å². The number of carbonyl (C=O) groups is 4. The molecule has 0 aromatic carbocycles. The Kier molecular flexibility index (Phi) is 22.9. The molecule has 0 aliphatic carbocycles. The first kappa shape index (κ1) is 37.0. The minimum Gasteiger partial charge on any atom is -0.550 e. The van der Waals surface area contributed by atoms with E-state index in [-0.39, 0.29) is 12.4 Å². The summed E-state index contributed by atoms with van der Waals surface area (Å²) in [5, 5.41) is 35.0. The molecule has 10 nitrogen and oxygen atoms in total. The zero-order valence-electron chi connectivity index (χ0n) is 23.4. The minimum absolute atomic E-state index is 0.236. The Morgan fingerprint density at radius 3 is 1.51 bits per heavy atom. The van der Waals surface area contributed by atoms with Crippen LogP contribution in [0, 0.1) is 0 Å². The molecule has 0 bridgehead atoms. The number of aliphatic hydroxyl groups is 1. The van der Waals surface area contributed by atoms with Crippen molar-refractivity contribution in [2.75, 3.05) is 27.7 Å². The highest BCUT2D eigenvalue weighted by atomic mass is 16.5. The highest BCUT2D eigenvalue weighted by Crippen LogP contribution is 2.14. The number of carboxylic acid groups (broad SMARTS) is 3. The number of hydrogen-bond donors (Lipinski definition) is 3. The molecule has 0 amide bonds. The lowest BCUT2D eigenvalue weighted by Gasteiger charge is -2.29. The van der Waals surface area contributed by atoms with Crippen molar-refractivity contribution in [1.29, 1.82) is 0 Å². The lowest BCUT2D eigenvalue weighted by molar-refractivity contribution is -0.873. The fraction of sp³-hybridized carbons (Fsp3) is 0.852. The number of aliphatic carboxylic acids is 3. The summed E-state index contributed by atoms with van der Waals surface area (Å²) in [5.41, 5.74) is 0. The van der Waals surface area contributed by atoms with Crippen LogP contribution in [0.3, 0.4) is 0 Å². The molecular weight excluding hydrogens is 482 g/mol. The molecule has 218 valence electrons. The maximum absolute atomic E-state index is 12.0. The summed E-state index contributed by atoms with van der Waals surface area (Å²) in [6.07, 6.45) is 13.4. The summed E-state index contributed by atoms with van der Waals surface area (Å²) in [6.45, 7) is 2.72. The molecule has 0 spiro atoms. The molecule has 0 aromatic heterocycles. The summed E-state index contributed by atoms with van der Waals surface area (Å²) in [6, 6.07) is 0. The molecule has 37 heavy (non-hydrogen) atoms. The van der Waals surface area contributed by atoms with Crippen molar-refractivity contribution in [2.45, 2.75) is 122 Å². The monoisotopic (exact) mass is 533 g/mol. The number of ether oxygens (including phenoxy) is 1. The summed E-state index contributed by atoms with van der Waals surface area (Å²) in [5.74, 6) is -4.31. The van der Waals surface area contributed by atoms with Gasteiger partial charge in [-0.2, -0.15) is 0 Å². The molecule has 2 atom stereocenters. The van der Waals surface area contributed by atoms with Crippen molar-refractivity contribution in [2.24, 2.45) is 0 Å². The second kappa shape index (κ2) is 23.0. The summed E-state index contributed by atoms with van der Waals surface area (Å²) >= 11 is 0. The quantitative estimate of drug-likeness (QED) is 0.108. The Morgan fingerprint density at radius 1 is 0.757 bits per heavy atom. The number of nitrogens with zero attached hydrogens (tertiary/aromatic N) is 1. The summed E-state index contributed by atoms with van der Waals surface area (Å²) < 4.78 is 5.91. The van der Waals surface area contributed by atoms with Crippen molar-refractivity contribution >= 4 is 23.9 Å². The standard InChI is InChI=1S/C23H45NO4.C4H6O5/c1-5-6-7-8-9-10-11-12-13-14-15-16-17-18-23(27)28-21(19-22(25)26)20-24(2,3)4;5-2(4(8)9)1-3(6)7/h21H,5-20H2,1-4H3;2,5H,1H2,(H,6,7)(H,8,9). The van der Waals surface area contributed by atoms with Gasteiger partial charge in [-0.05, 0) is 6.42 Å². The Morgan fingerprint density at radius 2 is 1.19 bits per heavy atom. The van der Waals surface area contributed by atoms with Gasteiger partial charge < -0.3 is 34.4 Å². The molecule has 0 aromatic rings. The van der Waals surface area contributed by atoms with Gasteiger partial charge in [0.05, 0.1) is 27.6 Å². The van der Waals surface area contributed by atoms with Gasteiger partial charge in [-0.15, -0.1) is 0 Å². The van der Waals surface area contributed by atoms with E-state index in [1.165, 1.54) is 64.2 Å². The highest BCUT2D eigenvalue weighted by molar-refractivity contribution is 5.79. The van der Waals surface area contributed by atoms with Crippen LogP contribution in [0.1, 0.15) is 110 Å². The van der Waals surface area contributed by atoms with Gasteiger partial charge in [0, 0.05) is 18.8 Å². The number of quaternary nitrogens is 1. The number of unbranched alkanes of at least 4 members (excludes halogenated alkanes) is 12. The molecule has 0 radical (unpaired) electrons. The smallest absolute Gasteiger partial charge is 0.333 e. The largest absolute Gasteiger partial charge is 0.550 e. The fourth-order valence-corrected chi connectivity index (χ4v) is 3.72. The number of aliphatic hydroxyl groups excluding tert-OH is 1. The third kappa shape index (κ3) is 29.9. The molecule has 0 saturated heterocycles. The molecule has 0 rings (SSSR count). The van der Waals surface area contributed by atoms with E-state index in [0.29, 0.717) is 17.4 Å². The average molecular weight is 534 g/mol. The Hall–Kier alpha value is -2.20. The molecule has 2 unspecified atom stereocenters. The topological polar surface area (TPSA) is 161 Å². The van der Waals surface area contributed by atoms with E-state index in [1.54, 1.807) is 0 Å². The predicted molar refractivity (Wildman–Crippen MR) is 139 cm³/mol. The van der Waals surface area contributed by atoms with E-state index >= 15 is 0 Å². The van der Waals surface area contributed by atoms with Gasteiger partial charge in [0.2, 0.25) is 0 Å². The van der Waals surface area contributed by atoms with E-state index in [2.05, 4.69) is 6.92 Å². The zero-order chi connectivity index (χ0) is 28.7. The first-order valence-electron chi connectivity index (χ1n) is 13.6. The van der Waals surface area contributed by atoms with E-state index in [4.69, 9.17) is 20.1 Å². The van der Waals surface area contributed by atoms with Crippen LogP contribution in [-0.2, 0) is 23.9 Å². The Bertz CT molecular complexity index is 632. The van der Waals surface area contributed by atoms with Crippen LogP contribution >= 0.6 is 0 Å². The first-order chi connectivity index (χ1) is 17.3. The van der Waals surface area contributed by atoms with Gasteiger partial charge in [-0.25, -0.2) is 4.79 Å². The first-order valence-corrected chi connectivity index (χ1v) is 13.6. The van der Waals surface area contributed by atoms with Crippen LogP contribution < -0.4 is 5.11 Å². The van der Waals surface area contributed by atoms with Gasteiger partial charge in [-0.1, -0.05) is 84.0 Å². The van der Waals surface area contributed by atoms with E-state index in [0.717, 1.165) is 19.3 Å². The third-order valence-electron chi connectivity index (χ3n) is 5.58. The maximum atomic E-state index is 12.0. The molecule has 0 saturated carbocycles. The Labute approximate surface area is 222 Å². The van der Waals surface area contributed by atoms with Crippen LogP contribution in [0.25, 0.3) is 0 Å². The van der Waals surface area contributed by atoms with Crippen molar-refractivity contribution in [1.82, 2.24) is 0 Å². The molecule has 0 heterocycles. The summed E-state index contributed by atoms with van der Waals surface area (Å²) in [7, 11) is 5.84. The van der Waals surface area contributed by atoms with Gasteiger partial charge in [0.25, 0.3) is 0 Å².